The van der Waals surface area contributed by atoms with Gasteiger partial charge >= 0.3 is 0 Å². The SMILES string of the molecule is CC(C)(C)c1ccc(OCC[NH2+]CC[NH+]2CCOCC2)c(Cl)c1. The molecule has 130 valence electrons. The van der Waals surface area contributed by atoms with Crippen molar-refractivity contribution >= 4 is 11.6 Å². The number of halogens is 1. The van der Waals surface area contributed by atoms with Crippen molar-refractivity contribution in [3.63, 3.8) is 0 Å². The van der Waals surface area contributed by atoms with Gasteiger partial charge < -0.3 is 19.7 Å². The topological polar surface area (TPSA) is 39.5 Å². The first-order chi connectivity index (χ1) is 11.0. The van der Waals surface area contributed by atoms with Gasteiger partial charge in [-0.2, -0.15) is 0 Å². The zero-order valence-electron chi connectivity index (χ0n) is 14.7. The second kappa shape index (κ2) is 8.88. The molecule has 4 nitrogen and oxygen atoms in total. The molecule has 1 aliphatic heterocycles. The van der Waals surface area contributed by atoms with Gasteiger partial charge in [-0.05, 0) is 23.1 Å². The molecule has 5 heteroatoms. The Bertz CT molecular complexity index is 482. The Balaban J connectivity index is 1.64. The molecule has 1 aromatic rings. The molecule has 1 aromatic carbocycles. The number of rotatable bonds is 7. The van der Waals surface area contributed by atoms with E-state index in [9.17, 15) is 0 Å². The van der Waals surface area contributed by atoms with E-state index < -0.39 is 0 Å². The third-order valence-corrected chi connectivity index (χ3v) is 4.57. The fourth-order valence-electron chi connectivity index (χ4n) is 2.70. The minimum atomic E-state index is 0.109. The molecule has 0 atom stereocenters. The van der Waals surface area contributed by atoms with Crippen LogP contribution in [0.4, 0.5) is 0 Å². The van der Waals surface area contributed by atoms with Crippen LogP contribution in [0.2, 0.25) is 5.02 Å². The van der Waals surface area contributed by atoms with Crippen molar-refractivity contribution in [1.82, 2.24) is 0 Å². The highest BCUT2D eigenvalue weighted by Crippen LogP contribution is 2.30. The number of hydrogen-bond donors (Lipinski definition) is 2. The Morgan fingerprint density at radius 2 is 1.96 bits per heavy atom. The number of morpholine rings is 1. The van der Waals surface area contributed by atoms with Gasteiger partial charge in [0.2, 0.25) is 0 Å². The summed E-state index contributed by atoms with van der Waals surface area (Å²) >= 11 is 6.33. The summed E-state index contributed by atoms with van der Waals surface area (Å²) in [6.45, 7) is 14.6. The van der Waals surface area contributed by atoms with Crippen LogP contribution in [0, 0.1) is 0 Å². The molecule has 2 rings (SSSR count). The molecule has 0 bridgehead atoms. The average molecular weight is 343 g/mol. The standard InChI is InChI=1S/C18H29ClN2O2/c1-18(2,3)15-4-5-17(16(19)14-15)23-11-7-20-6-8-21-9-12-22-13-10-21/h4-5,14,20H,6-13H2,1-3H3/p+2. The second-order valence-electron chi connectivity index (χ2n) is 7.22. The third kappa shape index (κ3) is 6.30. The van der Waals surface area contributed by atoms with Gasteiger partial charge in [-0.1, -0.05) is 38.4 Å². The summed E-state index contributed by atoms with van der Waals surface area (Å²) in [5, 5.41) is 3.02. The summed E-state index contributed by atoms with van der Waals surface area (Å²) in [6, 6.07) is 6.11. The minimum Gasteiger partial charge on any atom is -0.486 e. The van der Waals surface area contributed by atoms with Crippen molar-refractivity contribution in [2.75, 3.05) is 52.5 Å². The molecule has 1 heterocycles. The first-order valence-electron chi connectivity index (χ1n) is 8.62. The van der Waals surface area contributed by atoms with Crippen LogP contribution in [-0.4, -0.2) is 52.5 Å². The zero-order valence-corrected chi connectivity index (χ0v) is 15.4. The van der Waals surface area contributed by atoms with Crippen molar-refractivity contribution in [2.45, 2.75) is 26.2 Å². The third-order valence-electron chi connectivity index (χ3n) is 4.28. The minimum absolute atomic E-state index is 0.109. The molecule has 1 saturated heterocycles. The van der Waals surface area contributed by atoms with Crippen LogP contribution < -0.4 is 15.0 Å². The summed E-state index contributed by atoms with van der Waals surface area (Å²) in [5.41, 5.74) is 1.34. The normalized spacial score (nSPS) is 16.5. The fraction of sp³-hybridized carbons (Fsp3) is 0.667. The molecule has 3 N–H and O–H groups in total. The smallest absolute Gasteiger partial charge is 0.138 e. The Labute approximate surface area is 145 Å². The predicted molar refractivity (Wildman–Crippen MR) is 93.7 cm³/mol. The van der Waals surface area contributed by atoms with Gasteiger partial charge in [-0.25, -0.2) is 0 Å². The first-order valence-corrected chi connectivity index (χ1v) is 9.00. The first kappa shape index (κ1) is 18.5. The highest BCUT2D eigenvalue weighted by atomic mass is 35.5. The Morgan fingerprint density at radius 1 is 1.22 bits per heavy atom. The molecule has 1 aliphatic rings. The van der Waals surface area contributed by atoms with Crippen LogP contribution in [0.25, 0.3) is 0 Å². The number of nitrogens with one attached hydrogen (secondary N) is 1. The van der Waals surface area contributed by atoms with Crippen LogP contribution in [0.1, 0.15) is 26.3 Å². The number of benzene rings is 1. The van der Waals surface area contributed by atoms with Gasteiger partial charge in [0.1, 0.15) is 45.1 Å². The van der Waals surface area contributed by atoms with Gasteiger partial charge in [-0.15, -0.1) is 0 Å². The Kier molecular flexibility index (Phi) is 7.15. The lowest BCUT2D eigenvalue weighted by Crippen LogP contribution is -3.16. The average Bonchev–Trinajstić information content (AvgIpc) is 2.52. The summed E-state index contributed by atoms with van der Waals surface area (Å²) in [5.74, 6) is 0.784. The van der Waals surface area contributed by atoms with E-state index in [0.717, 1.165) is 45.1 Å². The van der Waals surface area contributed by atoms with E-state index in [-0.39, 0.29) is 5.41 Å². The lowest BCUT2D eigenvalue weighted by Gasteiger charge is -2.22. The van der Waals surface area contributed by atoms with E-state index in [2.05, 4.69) is 32.2 Å². The van der Waals surface area contributed by atoms with E-state index in [1.165, 1.54) is 12.1 Å². The molecule has 0 unspecified atom stereocenters. The number of quaternary nitrogens is 2. The van der Waals surface area contributed by atoms with Crippen molar-refractivity contribution in [2.24, 2.45) is 0 Å². The molecular weight excluding hydrogens is 312 g/mol. The molecule has 0 radical (unpaired) electrons. The van der Waals surface area contributed by atoms with Gasteiger partial charge in [0.25, 0.3) is 0 Å². The maximum Gasteiger partial charge on any atom is 0.138 e. The summed E-state index contributed by atoms with van der Waals surface area (Å²) < 4.78 is 11.2. The van der Waals surface area contributed by atoms with Gasteiger partial charge in [-0.3, -0.25) is 0 Å². The Hall–Kier alpha value is -0.810. The second-order valence-corrected chi connectivity index (χ2v) is 7.63. The van der Waals surface area contributed by atoms with Crippen molar-refractivity contribution in [1.29, 1.82) is 0 Å². The van der Waals surface area contributed by atoms with Crippen molar-refractivity contribution in [3.8, 4) is 5.75 Å². The molecule has 0 amide bonds. The van der Waals surface area contributed by atoms with E-state index in [4.69, 9.17) is 21.1 Å². The van der Waals surface area contributed by atoms with Crippen LogP contribution in [-0.2, 0) is 10.2 Å². The molecule has 0 aromatic heterocycles. The van der Waals surface area contributed by atoms with E-state index in [1.807, 2.05) is 12.1 Å². The van der Waals surface area contributed by atoms with Gasteiger partial charge in [0.15, 0.2) is 0 Å². The van der Waals surface area contributed by atoms with Crippen LogP contribution in [0.5, 0.6) is 5.75 Å². The van der Waals surface area contributed by atoms with E-state index in [1.54, 1.807) is 4.90 Å². The maximum absolute atomic E-state index is 6.33. The largest absolute Gasteiger partial charge is 0.486 e. The molecule has 0 aliphatic carbocycles. The maximum atomic E-state index is 6.33. The summed E-state index contributed by atoms with van der Waals surface area (Å²) in [4.78, 5) is 1.65. The van der Waals surface area contributed by atoms with Gasteiger partial charge in [0.05, 0.1) is 18.2 Å². The predicted octanol–water partition coefficient (Wildman–Crippen LogP) is 0.495. The lowest BCUT2D eigenvalue weighted by molar-refractivity contribution is -0.919. The highest BCUT2D eigenvalue weighted by molar-refractivity contribution is 6.32. The van der Waals surface area contributed by atoms with Crippen LogP contribution in [0.15, 0.2) is 18.2 Å². The summed E-state index contributed by atoms with van der Waals surface area (Å²) in [6.07, 6.45) is 0. The number of ether oxygens (including phenoxy) is 2. The molecule has 1 fully saturated rings. The molecule has 0 saturated carbocycles. The van der Waals surface area contributed by atoms with Crippen molar-refractivity contribution in [3.05, 3.63) is 28.8 Å². The molecular formula is C18H31ClN2O2+2. The molecule has 23 heavy (non-hydrogen) atoms. The summed E-state index contributed by atoms with van der Waals surface area (Å²) in [7, 11) is 0. The van der Waals surface area contributed by atoms with E-state index >= 15 is 0 Å². The Morgan fingerprint density at radius 3 is 2.61 bits per heavy atom. The zero-order chi connectivity index (χ0) is 16.7. The molecule has 0 spiro atoms. The van der Waals surface area contributed by atoms with Crippen LogP contribution >= 0.6 is 11.6 Å². The number of hydrogen-bond acceptors (Lipinski definition) is 2. The van der Waals surface area contributed by atoms with Crippen LogP contribution in [0.3, 0.4) is 0 Å². The monoisotopic (exact) mass is 342 g/mol. The lowest BCUT2D eigenvalue weighted by atomic mass is 9.87. The number of nitrogens with two attached hydrogens (primary N) is 1. The van der Waals surface area contributed by atoms with Gasteiger partial charge in [0, 0.05) is 0 Å². The fourth-order valence-corrected chi connectivity index (χ4v) is 2.93. The quantitative estimate of drug-likeness (QED) is 0.708. The van der Waals surface area contributed by atoms with Crippen molar-refractivity contribution < 1.29 is 19.7 Å². The van der Waals surface area contributed by atoms with E-state index in [0.29, 0.717) is 11.6 Å². The highest BCUT2D eigenvalue weighted by Gasteiger charge is 2.16.